The van der Waals surface area contributed by atoms with Gasteiger partial charge in [-0.1, -0.05) is 12.1 Å². The smallest absolute Gasteiger partial charge is 0.339 e. The van der Waals surface area contributed by atoms with Crippen LogP contribution in [0.1, 0.15) is 34.6 Å². The predicted molar refractivity (Wildman–Crippen MR) is 67.3 cm³/mol. The minimum atomic E-state index is -1.01. The Kier molecular flexibility index (Phi) is 3.97. The van der Waals surface area contributed by atoms with Crippen LogP contribution in [0.4, 0.5) is 4.39 Å². The molecule has 0 spiro atoms. The summed E-state index contributed by atoms with van der Waals surface area (Å²) in [6.45, 7) is 2.21. The van der Waals surface area contributed by atoms with Crippen molar-refractivity contribution in [3.63, 3.8) is 0 Å². The lowest BCUT2D eigenvalue weighted by molar-refractivity contribution is 0.0694. The van der Waals surface area contributed by atoms with E-state index in [2.05, 4.69) is 5.32 Å². The normalized spacial score (nSPS) is 12.3. The van der Waals surface area contributed by atoms with Gasteiger partial charge in [0.1, 0.15) is 17.1 Å². The molecule has 2 aromatic rings. The van der Waals surface area contributed by atoms with Crippen LogP contribution in [0.5, 0.6) is 0 Å². The molecular formula is C14H14FNO3. The molecule has 0 bridgehead atoms. The summed E-state index contributed by atoms with van der Waals surface area (Å²) in [6.07, 6.45) is 1.35. The number of hydrogen-bond donors (Lipinski definition) is 2. The molecule has 2 N–H and O–H groups in total. The molecule has 0 amide bonds. The van der Waals surface area contributed by atoms with E-state index in [1.54, 1.807) is 12.1 Å². The average molecular weight is 263 g/mol. The molecular weight excluding hydrogens is 249 g/mol. The predicted octanol–water partition coefficient (Wildman–Crippen LogP) is 2.97. The lowest BCUT2D eigenvalue weighted by atomic mass is 10.1. The number of carboxylic acids is 1. The van der Waals surface area contributed by atoms with Gasteiger partial charge in [0.25, 0.3) is 0 Å². The van der Waals surface area contributed by atoms with Crippen molar-refractivity contribution in [1.29, 1.82) is 0 Å². The average Bonchev–Trinajstić information content (AvgIpc) is 2.85. The molecule has 1 aromatic heterocycles. The topological polar surface area (TPSA) is 62.5 Å². The van der Waals surface area contributed by atoms with Gasteiger partial charge in [-0.05, 0) is 30.7 Å². The van der Waals surface area contributed by atoms with Crippen LogP contribution in [0.25, 0.3) is 0 Å². The Morgan fingerprint density at radius 3 is 2.68 bits per heavy atom. The molecule has 1 unspecified atom stereocenters. The Morgan fingerprint density at radius 1 is 1.37 bits per heavy atom. The molecule has 4 nitrogen and oxygen atoms in total. The molecule has 0 aliphatic rings. The third-order valence-corrected chi connectivity index (χ3v) is 2.91. The Hall–Kier alpha value is -2.14. The number of carbonyl (C=O) groups is 1. The monoisotopic (exact) mass is 263 g/mol. The lowest BCUT2D eigenvalue weighted by Crippen LogP contribution is -2.19. The maximum absolute atomic E-state index is 12.8. The summed E-state index contributed by atoms with van der Waals surface area (Å²) < 4.78 is 17.9. The van der Waals surface area contributed by atoms with Gasteiger partial charge in [0.2, 0.25) is 0 Å². The number of nitrogens with one attached hydrogen (secondary N) is 1. The van der Waals surface area contributed by atoms with Crippen LogP contribution in [0.2, 0.25) is 0 Å². The molecule has 19 heavy (non-hydrogen) atoms. The van der Waals surface area contributed by atoms with Gasteiger partial charge in [0.15, 0.2) is 0 Å². The van der Waals surface area contributed by atoms with E-state index >= 15 is 0 Å². The zero-order valence-corrected chi connectivity index (χ0v) is 10.4. The lowest BCUT2D eigenvalue weighted by Gasteiger charge is -2.13. The van der Waals surface area contributed by atoms with Gasteiger partial charge in [-0.2, -0.15) is 0 Å². The second kappa shape index (κ2) is 5.67. The Labute approximate surface area is 109 Å². The van der Waals surface area contributed by atoms with E-state index in [9.17, 15) is 9.18 Å². The van der Waals surface area contributed by atoms with Crippen molar-refractivity contribution in [2.24, 2.45) is 0 Å². The molecule has 0 aliphatic carbocycles. The molecule has 2 rings (SSSR count). The van der Waals surface area contributed by atoms with Crippen molar-refractivity contribution in [2.75, 3.05) is 0 Å². The Bertz CT molecular complexity index is 562. The van der Waals surface area contributed by atoms with Gasteiger partial charge in [0.05, 0.1) is 12.8 Å². The van der Waals surface area contributed by atoms with Crippen molar-refractivity contribution >= 4 is 5.97 Å². The largest absolute Gasteiger partial charge is 0.478 e. The standard InChI is InChI=1S/C14H14FNO3/c1-9(10-2-4-11(15)5-3-10)16-8-13-12(14(17)18)6-7-19-13/h2-7,9,16H,8H2,1H3,(H,17,18). The highest BCUT2D eigenvalue weighted by Gasteiger charge is 2.14. The summed E-state index contributed by atoms with van der Waals surface area (Å²) in [7, 11) is 0. The highest BCUT2D eigenvalue weighted by Crippen LogP contribution is 2.15. The maximum atomic E-state index is 12.8. The fraction of sp³-hybridized carbons (Fsp3) is 0.214. The maximum Gasteiger partial charge on any atom is 0.339 e. The summed E-state index contributed by atoms with van der Waals surface area (Å²) in [5, 5.41) is 12.1. The number of rotatable bonds is 5. The first-order valence-corrected chi connectivity index (χ1v) is 5.86. The molecule has 0 saturated heterocycles. The summed E-state index contributed by atoms with van der Waals surface area (Å²) in [4.78, 5) is 10.9. The van der Waals surface area contributed by atoms with E-state index < -0.39 is 5.97 Å². The fourth-order valence-corrected chi connectivity index (χ4v) is 1.78. The zero-order valence-electron chi connectivity index (χ0n) is 10.4. The number of hydrogen-bond acceptors (Lipinski definition) is 3. The molecule has 0 radical (unpaired) electrons. The quantitative estimate of drug-likeness (QED) is 0.870. The molecule has 1 heterocycles. The van der Waals surface area contributed by atoms with Crippen molar-refractivity contribution in [2.45, 2.75) is 19.5 Å². The first-order valence-electron chi connectivity index (χ1n) is 5.86. The van der Waals surface area contributed by atoms with Crippen molar-refractivity contribution in [1.82, 2.24) is 5.32 Å². The highest BCUT2D eigenvalue weighted by molar-refractivity contribution is 5.88. The molecule has 1 atom stereocenters. The van der Waals surface area contributed by atoms with Crippen LogP contribution in [0, 0.1) is 5.82 Å². The number of carboxylic acid groups (broad SMARTS) is 1. The number of aromatic carboxylic acids is 1. The number of halogens is 1. The van der Waals surface area contributed by atoms with Gasteiger partial charge < -0.3 is 14.8 Å². The van der Waals surface area contributed by atoms with Gasteiger partial charge in [-0.25, -0.2) is 9.18 Å². The minimum absolute atomic E-state index is 0.0349. The van der Waals surface area contributed by atoms with Crippen LogP contribution in [-0.2, 0) is 6.54 Å². The first-order chi connectivity index (χ1) is 9.08. The summed E-state index contributed by atoms with van der Waals surface area (Å²) in [5.41, 5.74) is 1.07. The van der Waals surface area contributed by atoms with E-state index in [0.717, 1.165) is 5.56 Å². The van der Waals surface area contributed by atoms with Crippen molar-refractivity contribution in [3.8, 4) is 0 Å². The molecule has 1 aromatic carbocycles. The van der Waals surface area contributed by atoms with Gasteiger partial charge in [0, 0.05) is 6.04 Å². The Balaban J connectivity index is 2.00. The SMILES string of the molecule is CC(NCc1occc1C(=O)O)c1ccc(F)cc1. The number of benzene rings is 1. The minimum Gasteiger partial charge on any atom is -0.478 e. The molecule has 0 saturated carbocycles. The van der Waals surface area contributed by atoms with Crippen molar-refractivity contribution in [3.05, 3.63) is 59.3 Å². The van der Waals surface area contributed by atoms with Gasteiger partial charge in [-0.3, -0.25) is 0 Å². The van der Waals surface area contributed by atoms with E-state index in [4.69, 9.17) is 9.52 Å². The van der Waals surface area contributed by atoms with E-state index in [1.807, 2.05) is 6.92 Å². The second-order valence-corrected chi connectivity index (χ2v) is 4.22. The number of furan rings is 1. The molecule has 0 aliphatic heterocycles. The van der Waals surface area contributed by atoms with Crippen LogP contribution in [0.3, 0.4) is 0 Å². The second-order valence-electron chi connectivity index (χ2n) is 4.22. The van der Waals surface area contributed by atoms with Crippen LogP contribution in [0.15, 0.2) is 41.0 Å². The molecule has 5 heteroatoms. The molecule has 100 valence electrons. The fourth-order valence-electron chi connectivity index (χ4n) is 1.78. The van der Waals surface area contributed by atoms with Gasteiger partial charge >= 0.3 is 5.97 Å². The molecule has 0 fully saturated rings. The van der Waals surface area contributed by atoms with Crippen LogP contribution >= 0.6 is 0 Å². The van der Waals surface area contributed by atoms with Crippen molar-refractivity contribution < 1.29 is 18.7 Å². The summed E-state index contributed by atoms with van der Waals surface area (Å²) in [5.74, 6) is -0.920. The van der Waals surface area contributed by atoms with E-state index in [-0.39, 0.29) is 17.4 Å². The van der Waals surface area contributed by atoms with Crippen LogP contribution in [-0.4, -0.2) is 11.1 Å². The van der Waals surface area contributed by atoms with E-state index in [0.29, 0.717) is 12.3 Å². The van der Waals surface area contributed by atoms with E-state index in [1.165, 1.54) is 24.5 Å². The third kappa shape index (κ3) is 3.20. The van der Waals surface area contributed by atoms with Crippen LogP contribution < -0.4 is 5.32 Å². The van der Waals surface area contributed by atoms with Gasteiger partial charge in [-0.15, -0.1) is 0 Å². The highest BCUT2D eigenvalue weighted by atomic mass is 19.1. The summed E-state index contributed by atoms with van der Waals surface area (Å²) in [6, 6.07) is 7.54. The summed E-state index contributed by atoms with van der Waals surface area (Å²) >= 11 is 0. The zero-order chi connectivity index (χ0) is 13.8. The Morgan fingerprint density at radius 2 is 2.05 bits per heavy atom. The third-order valence-electron chi connectivity index (χ3n) is 2.91. The first kappa shape index (κ1) is 13.3.